The average Bonchev–Trinajstić information content (AvgIpc) is 2.80. The summed E-state index contributed by atoms with van der Waals surface area (Å²) in [5, 5.41) is 3.17. The normalized spacial score (nSPS) is 20.4. The fourth-order valence-corrected chi connectivity index (χ4v) is 4.04. The number of nitrogens with one attached hydrogen (secondary N) is 1. The van der Waals surface area contributed by atoms with Gasteiger partial charge in [0, 0.05) is 51.7 Å². The van der Waals surface area contributed by atoms with Crippen molar-refractivity contribution in [3.05, 3.63) is 53.9 Å². The summed E-state index contributed by atoms with van der Waals surface area (Å²) in [6.45, 7) is 6.54. The van der Waals surface area contributed by atoms with Crippen LogP contribution < -0.4 is 10.2 Å². The van der Waals surface area contributed by atoms with Crippen molar-refractivity contribution in [3.63, 3.8) is 0 Å². The number of carbonyl (C=O) groups excluding carboxylic acids is 1. The molecule has 7 nitrogen and oxygen atoms in total. The number of piperidine rings is 1. The molecular weight excluding hydrogens is 366 g/mol. The first-order valence-corrected chi connectivity index (χ1v) is 10.5. The summed E-state index contributed by atoms with van der Waals surface area (Å²) in [5.74, 6) is 0.798. The molecule has 2 saturated heterocycles. The maximum atomic E-state index is 12.8. The van der Waals surface area contributed by atoms with E-state index in [-0.39, 0.29) is 11.8 Å². The van der Waals surface area contributed by atoms with E-state index in [0.29, 0.717) is 19.0 Å². The summed E-state index contributed by atoms with van der Waals surface area (Å²) >= 11 is 0. The van der Waals surface area contributed by atoms with Gasteiger partial charge in [0.15, 0.2) is 0 Å². The third-order valence-corrected chi connectivity index (χ3v) is 5.70. The Balaban J connectivity index is 1.33. The van der Waals surface area contributed by atoms with E-state index >= 15 is 0 Å². The van der Waals surface area contributed by atoms with Crippen molar-refractivity contribution >= 4 is 11.9 Å². The van der Waals surface area contributed by atoms with E-state index in [0.717, 1.165) is 52.2 Å². The summed E-state index contributed by atoms with van der Waals surface area (Å²) in [6.07, 6.45) is 5.38. The first kappa shape index (κ1) is 19.8. The van der Waals surface area contributed by atoms with E-state index in [4.69, 9.17) is 4.74 Å². The van der Waals surface area contributed by atoms with Crippen LogP contribution in [0.1, 0.15) is 24.0 Å². The Hall–Kier alpha value is -2.51. The van der Waals surface area contributed by atoms with Crippen LogP contribution in [0.15, 0.2) is 42.7 Å². The molecule has 0 aliphatic carbocycles. The third-order valence-electron chi connectivity index (χ3n) is 5.70. The predicted molar refractivity (Wildman–Crippen MR) is 111 cm³/mol. The molecule has 2 aromatic rings. The molecule has 1 aromatic carbocycles. The number of morpholine rings is 1. The second-order valence-corrected chi connectivity index (χ2v) is 7.71. The number of benzene rings is 1. The molecule has 1 atom stereocenters. The number of rotatable bonds is 6. The van der Waals surface area contributed by atoms with Crippen molar-refractivity contribution in [1.29, 1.82) is 0 Å². The van der Waals surface area contributed by atoms with Gasteiger partial charge < -0.3 is 15.0 Å². The van der Waals surface area contributed by atoms with Crippen molar-refractivity contribution in [2.75, 3.05) is 44.3 Å². The van der Waals surface area contributed by atoms with E-state index in [2.05, 4.69) is 43.3 Å². The first-order chi connectivity index (χ1) is 14.3. The summed E-state index contributed by atoms with van der Waals surface area (Å²) in [6, 6.07) is 10.2. The fourth-order valence-electron chi connectivity index (χ4n) is 4.04. The van der Waals surface area contributed by atoms with Crippen molar-refractivity contribution in [1.82, 2.24) is 20.2 Å². The molecule has 2 aliphatic heterocycles. The minimum absolute atomic E-state index is 0.0287. The lowest BCUT2D eigenvalue weighted by atomic mass is 9.97. The van der Waals surface area contributed by atoms with Crippen LogP contribution in [-0.4, -0.2) is 60.2 Å². The number of hydrogen-bond donors (Lipinski definition) is 1. The zero-order valence-electron chi connectivity index (χ0n) is 16.8. The van der Waals surface area contributed by atoms with Crippen LogP contribution in [-0.2, 0) is 22.6 Å². The van der Waals surface area contributed by atoms with Crippen LogP contribution in [0, 0.1) is 5.92 Å². The Morgan fingerprint density at radius 3 is 2.62 bits per heavy atom. The largest absolute Gasteiger partial charge is 0.379 e. The van der Waals surface area contributed by atoms with Crippen LogP contribution >= 0.6 is 0 Å². The van der Waals surface area contributed by atoms with E-state index in [1.54, 1.807) is 12.4 Å². The molecule has 0 spiro atoms. The quantitative estimate of drug-likeness (QED) is 0.805. The van der Waals surface area contributed by atoms with Crippen molar-refractivity contribution in [3.8, 4) is 0 Å². The molecule has 0 radical (unpaired) electrons. The van der Waals surface area contributed by atoms with Gasteiger partial charge >= 0.3 is 0 Å². The number of aromatic nitrogens is 2. The van der Waals surface area contributed by atoms with Gasteiger partial charge in [0.25, 0.3) is 0 Å². The SMILES string of the molecule is O=C(NCc1ccccc1CN1CCOCC1)C1CCCN(c2ncccn2)C1. The van der Waals surface area contributed by atoms with E-state index in [1.807, 2.05) is 12.1 Å². The molecule has 2 fully saturated rings. The summed E-state index contributed by atoms with van der Waals surface area (Å²) in [5.41, 5.74) is 2.46. The summed E-state index contributed by atoms with van der Waals surface area (Å²) < 4.78 is 5.44. The topological polar surface area (TPSA) is 70.6 Å². The Morgan fingerprint density at radius 2 is 1.83 bits per heavy atom. The molecular formula is C22H29N5O2. The molecule has 1 N–H and O–H groups in total. The van der Waals surface area contributed by atoms with Gasteiger partial charge in [-0.2, -0.15) is 0 Å². The highest BCUT2D eigenvalue weighted by Gasteiger charge is 2.27. The van der Waals surface area contributed by atoms with Crippen LogP contribution in [0.5, 0.6) is 0 Å². The lowest BCUT2D eigenvalue weighted by Gasteiger charge is -2.32. The van der Waals surface area contributed by atoms with Crippen LogP contribution in [0.2, 0.25) is 0 Å². The summed E-state index contributed by atoms with van der Waals surface area (Å²) in [4.78, 5) is 26.0. The van der Waals surface area contributed by atoms with Crippen LogP contribution in [0.25, 0.3) is 0 Å². The van der Waals surface area contributed by atoms with Crippen molar-refractivity contribution < 1.29 is 9.53 Å². The third kappa shape index (κ3) is 5.31. The standard InChI is InChI=1S/C22H29N5O2/c28-21(20-7-3-10-27(17-20)22-23-8-4-9-24-22)25-15-18-5-1-2-6-19(18)16-26-11-13-29-14-12-26/h1-2,4-6,8-9,20H,3,7,10-17H2,(H,25,28). The Kier molecular flexibility index (Phi) is 6.69. The van der Waals surface area contributed by atoms with Gasteiger partial charge in [0.2, 0.25) is 11.9 Å². The molecule has 0 bridgehead atoms. The molecule has 1 unspecified atom stereocenters. The number of ether oxygens (including phenoxy) is 1. The van der Waals surface area contributed by atoms with E-state index < -0.39 is 0 Å². The van der Waals surface area contributed by atoms with Crippen molar-refractivity contribution in [2.24, 2.45) is 5.92 Å². The van der Waals surface area contributed by atoms with Gasteiger partial charge in [-0.05, 0) is 30.0 Å². The lowest BCUT2D eigenvalue weighted by molar-refractivity contribution is -0.125. The second kappa shape index (κ2) is 9.80. The lowest BCUT2D eigenvalue weighted by Crippen LogP contribution is -2.43. The Labute approximate surface area is 172 Å². The van der Waals surface area contributed by atoms with Gasteiger partial charge in [0.05, 0.1) is 19.1 Å². The molecule has 7 heteroatoms. The molecule has 4 rings (SSSR count). The minimum Gasteiger partial charge on any atom is -0.379 e. The molecule has 0 saturated carbocycles. The molecule has 1 amide bonds. The van der Waals surface area contributed by atoms with Crippen LogP contribution in [0.3, 0.4) is 0 Å². The van der Waals surface area contributed by atoms with Crippen LogP contribution in [0.4, 0.5) is 5.95 Å². The predicted octanol–water partition coefficient (Wildman–Crippen LogP) is 1.84. The number of carbonyl (C=O) groups is 1. The van der Waals surface area contributed by atoms with Gasteiger partial charge in [-0.3, -0.25) is 9.69 Å². The van der Waals surface area contributed by atoms with Gasteiger partial charge in [-0.15, -0.1) is 0 Å². The number of hydrogen-bond acceptors (Lipinski definition) is 6. The monoisotopic (exact) mass is 395 g/mol. The smallest absolute Gasteiger partial charge is 0.225 e. The fraction of sp³-hybridized carbons (Fsp3) is 0.500. The highest BCUT2D eigenvalue weighted by atomic mass is 16.5. The molecule has 29 heavy (non-hydrogen) atoms. The molecule has 154 valence electrons. The highest BCUT2D eigenvalue weighted by Crippen LogP contribution is 2.20. The van der Waals surface area contributed by atoms with Gasteiger partial charge in [-0.1, -0.05) is 24.3 Å². The number of anilines is 1. The molecule has 1 aromatic heterocycles. The number of nitrogens with zero attached hydrogens (tertiary/aromatic N) is 4. The maximum absolute atomic E-state index is 12.8. The van der Waals surface area contributed by atoms with Gasteiger partial charge in [0.1, 0.15) is 0 Å². The average molecular weight is 396 g/mol. The second-order valence-electron chi connectivity index (χ2n) is 7.71. The maximum Gasteiger partial charge on any atom is 0.225 e. The van der Waals surface area contributed by atoms with E-state index in [9.17, 15) is 4.79 Å². The summed E-state index contributed by atoms with van der Waals surface area (Å²) in [7, 11) is 0. The first-order valence-electron chi connectivity index (χ1n) is 10.5. The molecule has 2 aliphatic rings. The van der Waals surface area contributed by atoms with E-state index in [1.165, 1.54) is 11.1 Å². The zero-order chi connectivity index (χ0) is 19.9. The van der Waals surface area contributed by atoms with Gasteiger partial charge in [-0.25, -0.2) is 9.97 Å². The van der Waals surface area contributed by atoms with Crippen molar-refractivity contribution in [2.45, 2.75) is 25.9 Å². The Bertz CT molecular complexity index is 795. The zero-order valence-corrected chi connectivity index (χ0v) is 16.8. The molecule has 3 heterocycles. The highest BCUT2D eigenvalue weighted by molar-refractivity contribution is 5.79. The number of amides is 1. The minimum atomic E-state index is -0.0287. The Morgan fingerprint density at radius 1 is 1.07 bits per heavy atom.